The molecule has 4 heteroatoms. The predicted octanol–water partition coefficient (Wildman–Crippen LogP) is 6.48. The minimum Gasteiger partial charge on any atom is -0.464 e. The van der Waals surface area contributed by atoms with E-state index in [-0.39, 0.29) is 11.9 Å². The molecular formula is C28H22N2O2. The second-order valence-corrected chi connectivity index (χ2v) is 8.26. The first-order valence-corrected chi connectivity index (χ1v) is 10.8. The van der Waals surface area contributed by atoms with Gasteiger partial charge in [0.25, 0.3) is 5.91 Å². The van der Waals surface area contributed by atoms with Crippen LogP contribution < -0.4 is 0 Å². The summed E-state index contributed by atoms with van der Waals surface area (Å²) < 4.78 is 5.86. The van der Waals surface area contributed by atoms with Crippen LogP contribution in [0.15, 0.2) is 95.4 Å². The number of amides is 1. The first-order chi connectivity index (χ1) is 15.7. The van der Waals surface area contributed by atoms with Crippen molar-refractivity contribution in [2.75, 3.05) is 0 Å². The van der Waals surface area contributed by atoms with E-state index in [9.17, 15) is 4.79 Å². The highest BCUT2D eigenvalue weighted by molar-refractivity contribution is 6.02. The molecule has 1 atom stereocenters. The smallest absolute Gasteiger partial charge is 0.255 e. The summed E-state index contributed by atoms with van der Waals surface area (Å²) in [5, 5.41) is 1.13. The number of fused-ring (bicyclic) bond motifs is 2. The molecule has 5 aromatic rings. The summed E-state index contributed by atoms with van der Waals surface area (Å²) >= 11 is 0. The molecule has 0 aliphatic carbocycles. The molecule has 2 aromatic heterocycles. The zero-order valence-corrected chi connectivity index (χ0v) is 17.7. The number of aryl methyl sites for hydroxylation is 1. The number of aromatic amines is 1. The van der Waals surface area contributed by atoms with E-state index >= 15 is 0 Å². The predicted molar refractivity (Wildman–Crippen MR) is 125 cm³/mol. The van der Waals surface area contributed by atoms with E-state index < -0.39 is 0 Å². The zero-order chi connectivity index (χ0) is 21.7. The van der Waals surface area contributed by atoms with Crippen LogP contribution in [0.1, 0.15) is 39.0 Å². The van der Waals surface area contributed by atoms with E-state index in [1.54, 1.807) is 0 Å². The Bertz CT molecular complexity index is 1440. The van der Waals surface area contributed by atoms with Gasteiger partial charge >= 0.3 is 0 Å². The molecule has 156 valence electrons. The van der Waals surface area contributed by atoms with Crippen LogP contribution in [-0.4, -0.2) is 15.8 Å². The summed E-state index contributed by atoms with van der Waals surface area (Å²) in [6, 6.07) is 30.3. The van der Waals surface area contributed by atoms with Gasteiger partial charge in [-0.25, -0.2) is 0 Å². The lowest BCUT2D eigenvalue weighted by Gasteiger charge is -2.26. The first kappa shape index (κ1) is 18.7. The molecule has 0 unspecified atom stereocenters. The summed E-state index contributed by atoms with van der Waals surface area (Å²) in [4.78, 5) is 19.1. The molecule has 0 fully saturated rings. The number of rotatable bonds is 4. The second kappa shape index (κ2) is 7.27. The van der Waals surface area contributed by atoms with Gasteiger partial charge in [0.1, 0.15) is 11.5 Å². The average molecular weight is 418 g/mol. The summed E-state index contributed by atoms with van der Waals surface area (Å²) in [6.45, 7) is 2.34. The van der Waals surface area contributed by atoms with Gasteiger partial charge in [-0.1, -0.05) is 66.7 Å². The molecule has 1 N–H and O–H groups in total. The monoisotopic (exact) mass is 418 g/mol. The Labute approximate surface area is 186 Å². The number of aromatic nitrogens is 1. The number of nitrogens with one attached hydrogen (secondary N) is 1. The van der Waals surface area contributed by atoms with Gasteiger partial charge in [-0.15, -0.1) is 0 Å². The maximum Gasteiger partial charge on any atom is 0.255 e. The molecule has 3 heterocycles. The maximum absolute atomic E-state index is 13.6. The third-order valence-electron chi connectivity index (χ3n) is 6.26. The molecule has 32 heavy (non-hydrogen) atoms. The quantitative estimate of drug-likeness (QED) is 0.363. The molecule has 4 nitrogen and oxygen atoms in total. The maximum atomic E-state index is 13.6. The Morgan fingerprint density at radius 1 is 0.875 bits per heavy atom. The van der Waals surface area contributed by atoms with E-state index in [4.69, 9.17) is 4.42 Å². The lowest BCUT2D eigenvalue weighted by molar-refractivity contribution is 0.0723. The molecule has 1 aliphatic rings. The topological polar surface area (TPSA) is 49.2 Å². The number of nitrogens with zero attached hydrogens (tertiary/aromatic N) is 1. The number of carbonyl (C=O) groups excluding carboxylic acids is 1. The number of hydrogen-bond donors (Lipinski definition) is 1. The molecule has 1 aliphatic heterocycles. The molecular weight excluding hydrogens is 396 g/mol. The molecule has 0 spiro atoms. The standard InChI is InChI=1S/C28H22N2O2/c1-18-15-16-20(32-18)17-30-27(21-11-5-6-12-22(21)28(30)31)25-23-13-7-8-14-24(23)29-26(25)19-9-3-2-4-10-19/h2-16,27,29H,17H2,1H3/t27-/m1/s1. The fourth-order valence-electron chi connectivity index (χ4n) is 4.86. The van der Waals surface area contributed by atoms with Crippen LogP contribution in [0.2, 0.25) is 0 Å². The van der Waals surface area contributed by atoms with Crippen molar-refractivity contribution in [1.29, 1.82) is 0 Å². The lowest BCUT2D eigenvalue weighted by atomic mass is 9.93. The van der Waals surface area contributed by atoms with Crippen molar-refractivity contribution < 1.29 is 9.21 Å². The Morgan fingerprint density at radius 2 is 1.62 bits per heavy atom. The molecule has 0 radical (unpaired) electrons. The van der Waals surface area contributed by atoms with Gasteiger partial charge in [0, 0.05) is 22.0 Å². The van der Waals surface area contributed by atoms with Gasteiger partial charge < -0.3 is 14.3 Å². The van der Waals surface area contributed by atoms with Gasteiger partial charge in [0.05, 0.1) is 18.3 Å². The van der Waals surface area contributed by atoms with E-state index in [0.29, 0.717) is 6.54 Å². The van der Waals surface area contributed by atoms with E-state index in [1.807, 2.05) is 66.4 Å². The third kappa shape index (κ3) is 2.88. The summed E-state index contributed by atoms with van der Waals surface area (Å²) in [5.41, 5.74) is 6.11. The number of carbonyl (C=O) groups is 1. The number of furan rings is 1. The lowest BCUT2D eigenvalue weighted by Crippen LogP contribution is -2.28. The number of benzene rings is 3. The molecule has 0 saturated heterocycles. The van der Waals surface area contributed by atoms with Crippen LogP contribution in [0.25, 0.3) is 22.2 Å². The van der Waals surface area contributed by atoms with Crippen LogP contribution in [-0.2, 0) is 6.54 Å². The van der Waals surface area contributed by atoms with E-state index in [1.165, 1.54) is 0 Å². The van der Waals surface area contributed by atoms with Crippen molar-refractivity contribution in [2.24, 2.45) is 0 Å². The third-order valence-corrected chi connectivity index (χ3v) is 6.26. The largest absolute Gasteiger partial charge is 0.464 e. The van der Waals surface area contributed by atoms with Crippen LogP contribution in [0, 0.1) is 6.92 Å². The highest BCUT2D eigenvalue weighted by Gasteiger charge is 2.40. The minimum atomic E-state index is -0.213. The van der Waals surface area contributed by atoms with Gasteiger partial charge in [-0.2, -0.15) is 0 Å². The number of para-hydroxylation sites is 1. The molecule has 0 bridgehead atoms. The number of hydrogen-bond acceptors (Lipinski definition) is 2. The molecule has 6 rings (SSSR count). The Balaban J connectivity index is 1.60. The van der Waals surface area contributed by atoms with Gasteiger partial charge in [0.2, 0.25) is 0 Å². The highest BCUT2D eigenvalue weighted by atomic mass is 16.3. The van der Waals surface area contributed by atoms with Crippen molar-refractivity contribution in [2.45, 2.75) is 19.5 Å². The van der Waals surface area contributed by atoms with Gasteiger partial charge in [-0.05, 0) is 42.3 Å². The average Bonchev–Trinajstić information content (AvgIpc) is 3.49. The van der Waals surface area contributed by atoms with Crippen LogP contribution in [0.5, 0.6) is 0 Å². The summed E-state index contributed by atoms with van der Waals surface area (Å²) in [5.74, 6) is 1.66. The Kier molecular flexibility index (Phi) is 4.25. The van der Waals surface area contributed by atoms with E-state index in [0.717, 1.165) is 50.4 Å². The van der Waals surface area contributed by atoms with Crippen molar-refractivity contribution in [1.82, 2.24) is 9.88 Å². The Morgan fingerprint density at radius 3 is 2.44 bits per heavy atom. The molecule has 1 amide bonds. The SMILES string of the molecule is Cc1ccc(CN2C(=O)c3ccccc3[C@@H]2c2c(-c3ccccc3)[nH]c3ccccc23)o1. The Hall–Kier alpha value is -4.05. The normalized spacial score (nSPS) is 15.5. The fourth-order valence-corrected chi connectivity index (χ4v) is 4.86. The summed E-state index contributed by atoms with van der Waals surface area (Å²) in [6.07, 6.45) is 0. The van der Waals surface area contributed by atoms with Gasteiger partial charge in [0.15, 0.2) is 0 Å². The van der Waals surface area contributed by atoms with Crippen LogP contribution in [0.4, 0.5) is 0 Å². The van der Waals surface area contributed by atoms with Crippen molar-refractivity contribution in [3.63, 3.8) is 0 Å². The zero-order valence-electron chi connectivity index (χ0n) is 17.7. The highest BCUT2D eigenvalue weighted by Crippen LogP contribution is 2.46. The number of H-pyrrole nitrogens is 1. The van der Waals surface area contributed by atoms with Crippen LogP contribution in [0.3, 0.4) is 0 Å². The molecule has 3 aromatic carbocycles. The first-order valence-electron chi connectivity index (χ1n) is 10.8. The minimum absolute atomic E-state index is 0.0314. The fraction of sp³-hybridized carbons (Fsp3) is 0.107. The van der Waals surface area contributed by atoms with Crippen molar-refractivity contribution >= 4 is 16.8 Å². The van der Waals surface area contributed by atoms with Crippen molar-refractivity contribution in [3.8, 4) is 11.3 Å². The second-order valence-electron chi connectivity index (χ2n) is 8.26. The van der Waals surface area contributed by atoms with Crippen LogP contribution >= 0.6 is 0 Å². The summed E-state index contributed by atoms with van der Waals surface area (Å²) in [7, 11) is 0. The molecule has 0 saturated carbocycles. The van der Waals surface area contributed by atoms with Crippen molar-refractivity contribution in [3.05, 3.63) is 119 Å². The van der Waals surface area contributed by atoms with Gasteiger partial charge in [-0.3, -0.25) is 4.79 Å². The van der Waals surface area contributed by atoms with E-state index in [2.05, 4.69) is 41.4 Å².